The number of nitrogens with two attached hydrogens (primary N) is 1. The maximum absolute atomic E-state index is 12.1. The molecule has 0 saturated heterocycles. The monoisotopic (exact) mass is 298 g/mol. The highest BCUT2D eigenvalue weighted by atomic mass is 16.1. The minimum atomic E-state index is -0.326. The van der Waals surface area contributed by atoms with E-state index in [9.17, 15) is 4.79 Å². The van der Waals surface area contributed by atoms with Gasteiger partial charge in [-0.2, -0.15) is 5.26 Å². The van der Waals surface area contributed by atoms with E-state index in [1.807, 2.05) is 31.2 Å². The van der Waals surface area contributed by atoms with Crippen molar-refractivity contribution in [2.75, 3.05) is 11.1 Å². The molecule has 2 rings (SSSR count). The molecule has 1 amide bonds. The predicted molar refractivity (Wildman–Crippen MR) is 87.9 cm³/mol. The first-order valence-corrected chi connectivity index (χ1v) is 7.64. The van der Waals surface area contributed by atoms with Crippen LogP contribution in [-0.4, -0.2) is 11.9 Å². The first kappa shape index (κ1) is 15.9. The Labute approximate surface area is 131 Å². The number of nitriles is 1. The van der Waals surface area contributed by atoms with Gasteiger partial charge in [-0.1, -0.05) is 25.3 Å². The van der Waals surface area contributed by atoms with Gasteiger partial charge in [-0.05, 0) is 37.5 Å². The Morgan fingerprint density at radius 3 is 2.73 bits per heavy atom. The van der Waals surface area contributed by atoms with Crippen molar-refractivity contribution in [3.63, 3.8) is 0 Å². The van der Waals surface area contributed by atoms with Gasteiger partial charge < -0.3 is 16.4 Å². The molecule has 0 unspecified atom stereocenters. The van der Waals surface area contributed by atoms with Crippen LogP contribution in [0.3, 0.4) is 0 Å². The molecule has 0 spiro atoms. The molecular weight excluding hydrogens is 276 g/mol. The van der Waals surface area contributed by atoms with E-state index < -0.39 is 0 Å². The van der Waals surface area contributed by atoms with E-state index in [1.54, 1.807) is 0 Å². The summed E-state index contributed by atoms with van der Waals surface area (Å²) in [6.45, 7) is 1.95. The summed E-state index contributed by atoms with van der Waals surface area (Å²) < 4.78 is 0. The second-order valence-electron chi connectivity index (χ2n) is 5.71. The Hall–Kier alpha value is -2.48. The highest BCUT2D eigenvalue weighted by Crippen LogP contribution is 2.20. The molecule has 0 aliphatic heterocycles. The molecule has 5 nitrogen and oxygen atoms in total. The van der Waals surface area contributed by atoms with E-state index in [1.165, 1.54) is 12.6 Å². The zero-order valence-electron chi connectivity index (χ0n) is 12.9. The van der Waals surface area contributed by atoms with Crippen LogP contribution in [0.2, 0.25) is 0 Å². The molecule has 116 valence electrons. The van der Waals surface area contributed by atoms with Crippen molar-refractivity contribution in [2.45, 2.75) is 45.1 Å². The minimum Gasteiger partial charge on any atom is -0.397 e. The zero-order chi connectivity index (χ0) is 15.9. The molecule has 1 fully saturated rings. The number of nitrogens with zero attached hydrogens (tertiary/aromatic N) is 1. The fourth-order valence-corrected chi connectivity index (χ4v) is 2.62. The lowest BCUT2D eigenvalue weighted by atomic mass is 9.95. The van der Waals surface area contributed by atoms with Crippen molar-refractivity contribution < 1.29 is 4.79 Å². The van der Waals surface area contributed by atoms with Crippen LogP contribution in [0.15, 0.2) is 30.0 Å². The maximum Gasteiger partial charge on any atom is 0.263 e. The van der Waals surface area contributed by atoms with Crippen LogP contribution >= 0.6 is 0 Å². The Morgan fingerprint density at radius 2 is 2.09 bits per heavy atom. The first-order valence-electron chi connectivity index (χ1n) is 7.64. The van der Waals surface area contributed by atoms with Gasteiger partial charge in [0.2, 0.25) is 0 Å². The second kappa shape index (κ2) is 7.51. The van der Waals surface area contributed by atoms with Crippen LogP contribution in [0.4, 0.5) is 11.4 Å². The largest absolute Gasteiger partial charge is 0.397 e. The van der Waals surface area contributed by atoms with Gasteiger partial charge in [-0.25, -0.2) is 0 Å². The molecule has 22 heavy (non-hydrogen) atoms. The third-order valence-corrected chi connectivity index (χ3v) is 3.88. The van der Waals surface area contributed by atoms with Gasteiger partial charge in [-0.3, -0.25) is 4.79 Å². The lowest BCUT2D eigenvalue weighted by molar-refractivity contribution is -0.118. The number of carbonyl (C=O) groups is 1. The molecule has 0 atom stereocenters. The average Bonchev–Trinajstić information content (AvgIpc) is 2.50. The third kappa shape index (κ3) is 4.26. The number of carbonyl (C=O) groups excluding carboxylic acids is 1. The number of hydrogen-bond acceptors (Lipinski definition) is 4. The Bertz CT molecular complexity index is 610. The second-order valence-corrected chi connectivity index (χ2v) is 5.71. The number of anilines is 2. The summed E-state index contributed by atoms with van der Waals surface area (Å²) in [4.78, 5) is 12.1. The van der Waals surface area contributed by atoms with Gasteiger partial charge in [0.05, 0.1) is 11.4 Å². The smallest absolute Gasteiger partial charge is 0.263 e. The van der Waals surface area contributed by atoms with E-state index in [0.717, 1.165) is 31.2 Å². The van der Waals surface area contributed by atoms with E-state index >= 15 is 0 Å². The molecule has 1 aromatic carbocycles. The third-order valence-electron chi connectivity index (χ3n) is 3.88. The van der Waals surface area contributed by atoms with Crippen LogP contribution in [0, 0.1) is 18.3 Å². The standard InChI is InChI=1S/C17H22N4O/c1-12-7-8-16(15(19)9-12)20-11-13(10-18)17(22)21-14-5-3-2-4-6-14/h7-9,11,14,20H,2-6,19H2,1H3,(H,21,22)/b13-11-. The molecule has 1 aliphatic rings. The average molecular weight is 298 g/mol. The van der Waals surface area contributed by atoms with Crippen molar-refractivity contribution in [1.82, 2.24) is 5.32 Å². The van der Waals surface area contributed by atoms with Gasteiger partial charge in [0.15, 0.2) is 0 Å². The predicted octanol–water partition coefficient (Wildman–Crippen LogP) is 2.85. The summed E-state index contributed by atoms with van der Waals surface area (Å²) in [5.74, 6) is -0.326. The SMILES string of the molecule is Cc1ccc(N/C=C(/C#N)C(=O)NC2CCCCC2)c(N)c1. The van der Waals surface area contributed by atoms with Crippen molar-refractivity contribution >= 4 is 17.3 Å². The molecule has 0 heterocycles. The van der Waals surface area contributed by atoms with Gasteiger partial charge in [0.25, 0.3) is 5.91 Å². The normalized spacial score (nSPS) is 15.9. The molecule has 1 aromatic rings. The molecule has 5 heteroatoms. The lowest BCUT2D eigenvalue weighted by Gasteiger charge is -2.22. The number of benzene rings is 1. The van der Waals surface area contributed by atoms with Crippen molar-refractivity contribution in [2.24, 2.45) is 0 Å². The Kier molecular flexibility index (Phi) is 5.42. The summed E-state index contributed by atoms with van der Waals surface area (Å²) in [6, 6.07) is 7.70. The van der Waals surface area contributed by atoms with Gasteiger partial charge >= 0.3 is 0 Å². The number of hydrogen-bond donors (Lipinski definition) is 3. The summed E-state index contributed by atoms with van der Waals surface area (Å²) in [5, 5.41) is 15.0. The van der Waals surface area contributed by atoms with Gasteiger partial charge in [0.1, 0.15) is 11.6 Å². The molecule has 1 saturated carbocycles. The summed E-state index contributed by atoms with van der Waals surface area (Å²) >= 11 is 0. The first-order chi connectivity index (χ1) is 10.6. The highest BCUT2D eigenvalue weighted by molar-refractivity contribution is 5.97. The van der Waals surface area contributed by atoms with Crippen molar-refractivity contribution in [3.05, 3.63) is 35.5 Å². The van der Waals surface area contributed by atoms with Crippen LogP contribution in [0.25, 0.3) is 0 Å². The molecule has 0 radical (unpaired) electrons. The van der Waals surface area contributed by atoms with Gasteiger partial charge in [-0.15, -0.1) is 0 Å². The molecule has 1 aliphatic carbocycles. The van der Waals surface area contributed by atoms with Crippen LogP contribution < -0.4 is 16.4 Å². The van der Waals surface area contributed by atoms with E-state index in [0.29, 0.717) is 11.4 Å². The number of amides is 1. The lowest BCUT2D eigenvalue weighted by Crippen LogP contribution is -2.37. The topological polar surface area (TPSA) is 90.9 Å². The van der Waals surface area contributed by atoms with Gasteiger partial charge in [0, 0.05) is 12.2 Å². The number of aryl methyl sites for hydroxylation is 1. The number of nitrogen functional groups attached to an aromatic ring is 1. The minimum absolute atomic E-state index is 0.0607. The van der Waals surface area contributed by atoms with Crippen molar-refractivity contribution in [1.29, 1.82) is 5.26 Å². The van der Waals surface area contributed by atoms with Crippen LogP contribution in [0.1, 0.15) is 37.7 Å². The Balaban J connectivity index is 2.00. The molecule has 0 bridgehead atoms. The molecule has 4 N–H and O–H groups in total. The fourth-order valence-electron chi connectivity index (χ4n) is 2.62. The number of nitrogens with one attached hydrogen (secondary N) is 2. The van der Waals surface area contributed by atoms with E-state index in [-0.39, 0.29) is 17.5 Å². The summed E-state index contributed by atoms with van der Waals surface area (Å²) in [6.07, 6.45) is 6.88. The summed E-state index contributed by atoms with van der Waals surface area (Å²) in [7, 11) is 0. The van der Waals surface area contributed by atoms with E-state index in [4.69, 9.17) is 11.0 Å². The quantitative estimate of drug-likeness (QED) is 0.453. The highest BCUT2D eigenvalue weighted by Gasteiger charge is 2.18. The van der Waals surface area contributed by atoms with Crippen LogP contribution in [-0.2, 0) is 4.79 Å². The Morgan fingerprint density at radius 1 is 1.36 bits per heavy atom. The van der Waals surface area contributed by atoms with Crippen LogP contribution in [0.5, 0.6) is 0 Å². The molecular formula is C17H22N4O. The zero-order valence-corrected chi connectivity index (χ0v) is 12.9. The fraction of sp³-hybridized carbons (Fsp3) is 0.412. The summed E-state index contributed by atoms with van der Waals surface area (Å²) in [5.41, 5.74) is 8.29. The number of rotatable bonds is 4. The van der Waals surface area contributed by atoms with E-state index in [2.05, 4.69) is 10.6 Å². The van der Waals surface area contributed by atoms with Crippen molar-refractivity contribution in [3.8, 4) is 6.07 Å². The maximum atomic E-state index is 12.1. The molecule has 0 aromatic heterocycles.